The zero-order valence-corrected chi connectivity index (χ0v) is 12.1. The Bertz CT molecular complexity index is 439. The first kappa shape index (κ1) is 13.1. The number of ether oxygens (including phenoxy) is 1. The molecule has 4 heteroatoms. The molecule has 1 aromatic rings. The Morgan fingerprint density at radius 3 is 3.05 bits per heavy atom. The summed E-state index contributed by atoms with van der Waals surface area (Å²) in [6.07, 6.45) is 6.04. The van der Waals surface area contributed by atoms with E-state index in [0.29, 0.717) is 12.1 Å². The average molecular weight is 263 g/mol. The minimum absolute atomic E-state index is 0.419. The number of nitrogens with zero attached hydrogens (tertiary/aromatic N) is 2. The second-order valence-corrected chi connectivity index (χ2v) is 5.72. The Balaban J connectivity index is 1.93. The van der Waals surface area contributed by atoms with Crippen LogP contribution in [0.15, 0.2) is 0 Å². The summed E-state index contributed by atoms with van der Waals surface area (Å²) >= 11 is 0. The molecule has 3 rings (SSSR count). The second-order valence-electron chi connectivity index (χ2n) is 5.72. The van der Waals surface area contributed by atoms with Crippen LogP contribution in [0.25, 0.3) is 0 Å². The Morgan fingerprint density at radius 2 is 2.21 bits per heavy atom. The molecular formula is C15H25N3O. The van der Waals surface area contributed by atoms with Gasteiger partial charge in [0.05, 0.1) is 18.3 Å². The van der Waals surface area contributed by atoms with Crippen molar-refractivity contribution in [3.8, 4) is 0 Å². The largest absolute Gasteiger partial charge is 0.379 e. The summed E-state index contributed by atoms with van der Waals surface area (Å²) < 4.78 is 8.21. The summed E-state index contributed by atoms with van der Waals surface area (Å²) in [6, 6.07) is 0.945. The van der Waals surface area contributed by atoms with Crippen LogP contribution in [0, 0.1) is 6.92 Å². The van der Waals surface area contributed by atoms with Gasteiger partial charge in [-0.15, -0.1) is 0 Å². The lowest BCUT2D eigenvalue weighted by Gasteiger charge is -2.35. The van der Waals surface area contributed by atoms with Gasteiger partial charge in [0.15, 0.2) is 0 Å². The molecule has 2 aliphatic rings. The molecule has 2 atom stereocenters. The molecule has 1 N–H and O–H groups in total. The summed E-state index contributed by atoms with van der Waals surface area (Å²) in [4.78, 5) is 4.80. The van der Waals surface area contributed by atoms with Crippen molar-refractivity contribution in [2.45, 2.75) is 58.0 Å². The molecule has 0 amide bonds. The van der Waals surface area contributed by atoms with Gasteiger partial charge in [-0.3, -0.25) is 0 Å². The van der Waals surface area contributed by atoms with Gasteiger partial charge in [-0.1, -0.05) is 6.92 Å². The summed E-state index contributed by atoms with van der Waals surface area (Å²) in [7, 11) is 0. The lowest BCUT2D eigenvalue weighted by atomic mass is 9.98. The van der Waals surface area contributed by atoms with Crippen LogP contribution in [-0.2, 0) is 17.6 Å². The minimum atomic E-state index is 0.419. The zero-order valence-electron chi connectivity index (χ0n) is 12.1. The minimum Gasteiger partial charge on any atom is -0.379 e. The Morgan fingerprint density at radius 1 is 1.37 bits per heavy atom. The van der Waals surface area contributed by atoms with Gasteiger partial charge in [-0.2, -0.15) is 0 Å². The molecule has 4 nitrogen and oxygen atoms in total. The number of imidazole rings is 1. The molecule has 1 aliphatic heterocycles. The Hall–Kier alpha value is -0.870. The third-order valence-corrected chi connectivity index (χ3v) is 4.47. The molecule has 0 radical (unpaired) electrons. The molecule has 2 heterocycles. The van der Waals surface area contributed by atoms with Gasteiger partial charge >= 0.3 is 0 Å². The Kier molecular flexibility index (Phi) is 3.89. The number of rotatable bonds is 3. The molecule has 2 unspecified atom stereocenters. The van der Waals surface area contributed by atoms with Crippen molar-refractivity contribution in [1.82, 2.24) is 14.9 Å². The summed E-state index contributed by atoms with van der Waals surface area (Å²) in [5, 5.41) is 3.63. The molecule has 0 spiro atoms. The lowest BCUT2D eigenvalue weighted by Crippen LogP contribution is -2.44. The molecule has 1 fully saturated rings. The molecule has 0 bridgehead atoms. The van der Waals surface area contributed by atoms with Crippen LogP contribution >= 0.6 is 0 Å². The van der Waals surface area contributed by atoms with Gasteiger partial charge in [0.1, 0.15) is 5.82 Å². The predicted octanol–water partition coefficient (Wildman–Crippen LogP) is 2.01. The fourth-order valence-electron chi connectivity index (χ4n) is 3.62. The quantitative estimate of drug-likeness (QED) is 0.906. The summed E-state index contributed by atoms with van der Waals surface area (Å²) in [5.74, 6) is 1.17. The van der Waals surface area contributed by atoms with E-state index in [1.54, 1.807) is 0 Å². The van der Waals surface area contributed by atoms with Crippen LogP contribution in [0.4, 0.5) is 0 Å². The molecule has 1 aromatic heterocycles. The number of hydrogen-bond acceptors (Lipinski definition) is 3. The average Bonchev–Trinajstić information content (AvgIpc) is 2.76. The maximum absolute atomic E-state index is 5.74. The molecular weight excluding hydrogens is 238 g/mol. The molecule has 1 saturated heterocycles. The van der Waals surface area contributed by atoms with E-state index in [4.69, 9.17) is 9.72 Å². The summed E-state index contributed by atoms with van der Waals surface area (Å²) in [5.41, 5.74) is 2.81. The van der Waals surface area contributed by atoms with Crippen molar-refractivity contribution >= 4 is 0 Å². The number of hydrogen-bond donors (Lipinski definition) is 1. The van der Waals surface area contributed by atoms with Gasteiger partial charge in [0.2, 0.25) is 0 Å². The topological polar surface area (TPSA) is 39.1 Å². The zero-order chi connectivity index (χ0) is 13.2. The van der Waals surface area contributed by atoms with E-state index in [1.165, 1.54) is 36.5 Å². The van der Waals surface area contributed by atoms with Crippen molar-refractivity contribution in [3.05, 3.63) is 17.2 Å². The molecule has 1 aliphatic carbocycles. The fourth-order valence-corrected chi connectivity index (χ4v) is 3.62. The van der Waals surface area contributed by atoms with E-state index in [-0.39, 0.29) is 0 Å². The normalized spacial score (nSPS) is 27.3. The van der Waals surface area contributed by atoms with Gasteiger partial charge < -0.3 is 14.6 Å². The third-order valence-electron chi connectivity index (χ3n) is 4.47. The van der Waals surface area contributed by atoms with Crippen LogP contribution in [0.3, 0.4) is 0 Å². The predicted molar refractivity (Wildman–Crippen MR) is 75.5 cm³/mol. The smallest absolute Gasteiger partial charge is 0.106 e. The van der Waals surface area contributed by atoms with Crippen molar-refractivity contribution in [1.29, 1.82) is 0 Å². The number of aryl methyl sites for hydroxylation is 2. The SMILES string of the molecule is CCNC1CCOCC1n1c(C)nc2c1CCCC2. The first-order chi connectivity index (χ1) is 9.31. The Labute approximate surface area is 115 Å². The van der Waals surface area contributed by atoms with Crippen molar-refractivity contribution < 1.29 is 4.74 Å². The van der Waals surface area contributed by atoms with Crippen LogP contribution in [0.1, 0.15) is 49.4 Å². The van der Waals surface area contributed by atoms with E-state index in [2.05, 4.69) is 23.7 Å². The first-order valence-corrected chi connectivity index (χ1v) is 7.69. The third kappa shape index (κ3) is 2.43. The van der Waals surface area contributed by atoms with Gasteiger partial charge in [-0.05, 0) is 45.6 Å². The maximum Gasteiger partial charge on any atom is 0.106 e. The highest BCUT2D eigenvalue weighted by atomic mass is 16.5. The molecule has 0 aromatic carbocycles. The second kappa shape index (κ2) is 5.63. The van der Waals surface area contributed by atoms with E-state index in [1.807, 2.05) is 0 Å². The van der Waals surface area contributed by atoms with Crippen molar-refractivity contribution in [2.75, 3.05) is 19.8 Å². The van der Waals surface area contributed by atoms with Crippen molar-refractivity contribution in [3.63, 3.8) is 0 Å². The number of aromatic nitrogens is 2. The van der Waals surface area contributed by atoms with Crippen molar-refractivity contribution in [2.24, 2.45) is 0 Å². The van der Waals surface area contributed by atoms with E-state index in [0.717, 1.165) is 32.6 Å². The lowest BCUT2D eigenvalue weighted by molar-refractivity contribution is 0.0357. The van der Waals surface area contributed by atoms with Gasteiger partial charge in [0, 0.05) is 18.3 Å². The van der Waals surface area contributed by atoms with Gasteiger partial charge in [0.25, 0.3) is 0 Å². The highest BCUT2D eigenvalue weighted by molar-refractivity contribution is 5.21. The van der Waals surface area contributed by atoms with Gasteiger partial charge in [-0.25, -0.2) is 4.98 Å². The number of fused-ring (bicyclic) bond motifs is 1. The molecule has 19 heavy (non-hydrogen) atoms. The van der Waals surface area contributed by atoms with E-state index < -0.39 is 0 Å². The van der Waals surface area contributed by atoms with E-state index >= 15 is 0 Å². The first-order valence-electron chi connectivity index (χ1n) is 7.69. The monoisotopic (exact) mass is 263 g/mol. The standard InChI is InChI=1S/C15H25N3O/c1-3-16-12-8-9-19-10-15(12)18-11(2)17-13-6-4-5-7-14(13)18/h12,15-16H,3-10H2,1-2H3. The van der Waals surface area contributed by atoms with Crippen LogP contribution in [0.5, 0.6) is 0 Å². The van der Waals surface area contributed by atoms with Crippen LogP contribution in [-0.4, -0.2) is 35.4 Å². The van der Waals surface area contributed by atoms with Crippen LogP contribution < -0.4 is 5.32 Å². The van der Waals surface area contributed by atoms with Crippen LogP contribution in [0.2, 0.25) is 0 Å². The number of likely N-dealkylation sites (N-methyl/N-ethyl adjacent to an activating group) is 1. The fraction of sp³-hybridized carbons (Fsp3) is 0.800. The maximum atomic E-state index is 5.74. The molecule has 106 valence electrons. The van der Waals surface area contributed by atoms with E-state index in [9.17, 15) is 0 Å². The highest BCUT2D eigenvalue weighted by Crippen LogP contribution is 2.29. The molecule has 0 saturated carbocycles. The summed E-state index contributed by atoms with van der Waals surface area (Å²) in [6.45, 7) is 7.06. The number of nitrogens with one attached hydrogen (secondary N) is 1. The highest BCUT2D eigenvalue weighted by Gasteiger charge is 2.31.